The number of aliphatic hydroxyl groups is 1. The zero-order valence-corrected chi connectivity index (χ0v) is 7.62. The predicted molar refractivity (Wildman–Crippen MR) is 45.0 cm³/mol. The second kappa shape index (κ2) is 4.94. The van der Waals surface area contributed by atoms with Crippen LogP contribution in [-0.4, -0.2) is 42.2 Å². The molecular formula is C7H14ClF2NO. The van der Waals surface area contributed by atoms with E-state index in [1.165, 1.54) is 0 Å². The van der Waals surface area contributed by atoms with Gasteiger partial charge in [-0.25, -0.2) is 8.78 Å². The highest BCUT2D eigenvalue weighted by Gasteiger charge is 2.31. The molecule has 0 aromatic heterocycles. The maximum atomic E-state index is 12.5. The van der Waals surface area contributed by atoms with E-state index < -0.39 is 12.5 Å². The van der Waals surface area contributed by atoms with Crippen molar-refractivity contribution < 1.29 is 13.9 Å². The van der Waals surface area contributed by atoms with Gasteiger partial charge in [0.15, 0.2) is 0 Å². The molecule has 1 fully saturated rings. The van der Waals surface area contributed by atoms with Gasteiger partial charge < -0.3 is 5.11 Å². The third-order valence-corrected chi connectivity index (χ3v) is 1.88. The summed E-state index contributed by atoms with van der Waals surface area (Å²) in [6, 6.07) is 0. The summed E-state index contributed by atoms with van der Waals surface area (Å²) in [6.45, 7) is 0.165. The van der Waals surface area contributed by atoms with Crippen molar-refractivity contribution in [1.82, 2.24) is 4.90 Å². The van der Waals surface area contributed by atoms with Crippen LogP contribution >= 0.6 is 12.4 Å². The molecule has 12 heavy (non-hydrogen) atoms. The molecule has 2 nitrogen and oxygen atoms in total. The molecule has 0 aromatic rings. The third kappa shape index (κ3) is 3.65. The molecule has 0 aliphatic carbocycles. The molecule has 1 aliphatic rings. The minimum atomic E-state index is -2.91. The van der Waals surface area contributed by atoms with Crippen LogP contribution in [0.15, 0.2) is 0 Å². The van der Waals surface area contributed by atoms with E-state index in [0.717, 1.165) is 25.9 Å². The van der Waals surface area contributed by atoms with Crippen LogP contribution in [0.4, 0.5) is 8.78 Å². The lowest BCUT2D eigenvalue weighted by Crippen LogP contribution is -2.37. The van der Waals surface area contributed by atoms with Crippen LogP contribution in [0, 0.1) is 0 Å². The summed E-state index contributed by atoms with van der Waals surface area (Å²) in [6.07, 6.45) is 2.00. The van der Waals surface area contributed by atoms with Crippen LogP contribution in [0.5, 0.6) is 0 Å². The minimum Gasteiger partial charge on any atom is -0.390 e. The number of aliphatic hydroxyl groups excluding tert-OH is 1. The van der Waals surface area contributed by atoms with Crippen LogP contribution in [0.2, 0.25) is 0 Å². The highest BCUT2D eigenvalue weighted by molar-refractivity contribution is 5.85. The molecule has 0 radical (unpaired) electrons. The average molecular weight is 202 g/mol. The summed E-state index contributed by atoms with van der Waals surface area (Å²) < 4.78 is 25.0. The van der Waals surface area contributed by atoms with Gasteiger partial charge >= 0.3 is 0 Å². The van der Waals surface area contributed by atoms with Crippen LogP contribution in [0.1, 0.15) is 12.8 Å². The molecular weight excluding hydrogens is 188 g/mol. The molecule has 0 aromatic carbocycles. The molecule has 1 N–H and O–H groups in total. The van der Waals surface area contributed by atoms with E-state index in [2.05, 4.69) is 0 Å². The lowest BCUT2D eigenvalue weighted by atomic mass is 10.3. The molecule has 1 rings (SSSR count). The molecule has 1 saturated heterocycles. The summed E-state index contributed by atoms with van der Waals surface area (Å²) in [5.74, 6) is -2.91. The molecule has 0 saturated carbocycles. The maximum Gasteiger partial charge on any atom is 0.283 e. The van der Waals surface area contributed by atoms with Gasteiger partial charge in [0.1, 0.15) is 6.61 Å². The largest absolute Gasteiger partial charge is 0.390 e. The Morgan fingerprint density at radius 2 is 1.75 bits per heavy atom. The standard InChI is InChI=1S/C7H13F2NO.ClH/c8-7(9,6-11)5-10-3-1-2-4-10;/h11H,1-6H2;1H. The number of halogens is 3. The summed E-state index contributed by atoms with van der Waals surface area (Å²) in [4.78, 5) is 1.69. The summed E-state index contributed by atoms with van der Waals surface area (Å²) in [5.41, 5.74) is 0. The summed E-state index contributed by atoms with van der Waals surface area (Å²) in [5, 5.41) is 8.28. The SMILES string of the molecule is Cl.OCC(F)(F)CN1CCCC1. The lowest BCUT2D eigenvalue weighted by Gasteiger charge is -2.20. The van der Waals surface area contributed by atoms with Gasteiger partial charge in [-0.15, -0.1) is 12.4 Å². The van der Waals surface area contributed by atoms with Gasteiger partial charge in [-0.05, 0) is 25.9 Å². The smallest absolute Gasteiger partial charge is 0.283 e. The fraction of sp³-hybridized carbons (Fsp3) is 1.00. The first-order chi connectivity index (χ1) is 5.14. The quantitative estimate of drug-likeness (QED) is 0.740. The number of alkyl halides is 2. The van der Waals surface area contributed by atoms with Crippen molar-refractivity contribution in [3.8, 4) is 0 Å². The van der Waals surface area contributed by atoms with Crippen molar-refractivity contribution in [3.05, 3.63) is 0 Å². The Labute approximate surface area is 77.0 Å². The first-order valence-electron chi connectivity index (χ1n) is 3.85. The normalized spacial score (nSPS) is 19.2. The second-order valence-electron chi connectivity index (χ2n) is 3.00. The average Bonchev–Trinajstić information content (AvgIpc) is 2.39. The van der Waals surface area contributed by atoms with Crippen molar-refractivity contribution in [2.75, 3.05) is 26.2 Å². The van der Waals surface area contributed by atoms with Gasteiger partial charge in [0.2, 0.25) is 0 Å². The van der Waals surface area contributed by atoms with E-state index in [0.29, 0.717) is 0 Å². The Bertz CT molecular complexity index is 129. The van der Waals surface area contributed by atoms with Crippen LogP contribution < -0.4 is 0 Å². The highest BCUT2D eigenvalue weighted by atomic mass is 35.5. The van der Waals surface area contributed by atoms with Crippen molar-refractivity contribution in [2.24, 2.45) is 0 Å². The molecule has 0 spiro atoms. The molecule has 1 heterocycles. The minimum absolute atomic E-state index is 0. The van der Waals surface area contributed by atoms with E-state index in [1.807, 2.05) is 0 Å². The Hall–Kier alpha value is 0.0700. The number of rotatable bonds is 3. The Kier molecular flexibility index (Phi) is 4.97. The Morgan fingerprint density at radius 1 is 1.25 bits per heavy atom. The molecule has 5 heteroatoms. The van der Waals surface area contributed by atoms with Crippen molar-refractivity contribution in [3.63, 3.8) is 0 Å². The van der Waals surface area contributed by atoms with Crippen molar-refractivity contribution >= 4 is 12.4 Å². The number of likely N-dealkylation sites (tertiary alicyclic amines) is 1. The molecule has 0 unspecified atom stereocenters. The van der Waals surface area contributed by atoms with Gasteiger partial charge in [-0.1, -0.05) is 0 Å². The van der Waals surface area contributed by atoms with E-state index in [9.17, 15) is 8.78 Å². The van der Waals surface area contributed by atoms with Gasteiger partial charge in [0.05, 0.1) is 6.54 Å². The summed E-state index contributed by atoms with van der Waals surface area (Å²) in [7, 11) is 0. The molecule has 0 amide bonds. The third-order valence-electron chi connectivity index (χ3n) is 1.88. The highest BCUT2D eigenvalue weighted by Crippen LogP contribution is 2.17. The van der Waals surface area contributed by atoms with Crippen molar-refractivity contribution in [2.45, 2.75) is 18.8 Å². The first-order valence-corrected chi connectivity index (χ1v) is 3.85. The predicted octanol–water partition coefficient (Wildman–Crippen LogP) is 1.13. The second-order valence-corrected chi connectivity index (χ2v) is 3.00. The van der Waals surface area contributed by atoms with Crippen LogP contribution in [-0.2, 0) is 0 Å². The Balaban J connectivity index is 0.00000121. The van der Waals surface area contributed by atoms with E-state index in [-0.39, 0.29) is 19.0 Å². The van der Waals surface area contributed by atoms with Gasteiger partial charge in [0, 0.05) is 0 Å². The topological polar surface area (TPSA) is 23.5 Å². The maximum absolute atomic E-state index is 12.5. The van der Waals surface area contributed by atoms with E-state index in [4.69, 9.17) is 5.11 Å². The lowest BCUT2D eigenvalue weighted by molar-refractivity contribution is -0.0691. The fourth-order valence-electron chi connectivity index (χ4n) is 1.32. The van der Waals surface area contributed by atoms with E-state index in [1.54, 1.807) is 4.90 Å². The molecule has 0 atom stereocenters. The Morgan fingerprint density at radius 3 is 2.17 bits per heavy atom. The van der Waals surface area contributed by atoms with Crippen LogP contribution in [0.3, 0.4) is 0 Å². The molecule has 0 bridgehead atoms. The van der Waals surface area contributed by atoms with E-state index >= 15 is 0 Å². The van der Waals surface area contributed by atoms with Crippen molar-refractivity contribution in [1.29, 1.82) is 0 Å². The van der Waals surface area contributed by atoms with Gasteiger partial charge in [0.25, 0.3) is 5.92 Å². The van der Waals surface area contributed by atoms with Gasteiger partial charge in [-0.2, -0.15) is 0 Å². The number of hydrogen-bond acceptors (Lipinski definition) is 2. The zero-order valence-electron chi connectivity index (χ0n) is 6.80. The zero-order chi connectivity index (χ0) is 8.32. The van der Waals surface area contributed by atoms with Crippen LogP contribution in [0.25, 0.3) is 0 Å². The fourth-order valence-corrected chi connectivity index (χ4v) is 1.32. The number of nitrogens with zero attached hydrogens (tertiary/aromatic N) is 1. The van der Waals surface area contributed by atoms with Gasteiger partial charge in [-0.3, -0.25) is 4.90 Å². The summed E-state index contributed by atoms with van der Waals surface area (Å²) >= 11 is 0. The monoisotopic (exact) mass is 201 g/mol. The molecule has 1 aliphatic heterocycles. The number of hydrogen-bond donors (Lipinski definition) is 1. The first kappa shape index (κ1) is 12.1. The molecule has 74 valence electrons.